The van der Waals surface area contributed by atoms with Crippen molar-refractivity contribution in [3.05, 3.63) is 35.5 Å². The Morgan fingerprint density at radius 1 is 1.10 bits per heavy atom. The third-order valence-corrected chi connectivity index (χ3v) is 7.44. The van der Waals surface area contributed by atoms with Crippen molar-refractivity contribution in [3.8, 4) is 0 Å². The molecule has 164 valence electrons. The quantitative estimate of drug-likeness (QED) is 0.643. The van der Waals surface area contributed by atoms with Gasteiger partial charge in [-0.25, -0.2) is 0 Å². The Morgan fingerprint density at radius 3 is 2.83 bits per heavy atom. The van der Waals surface area contributed by atoms with E-state index in [-0.39, 0.29) is 0 Å². The number of piperidine rings is 1. The van der Waals surface area contributed by atoms with Crippen LogP contribution in [0.15, 0.2) is 24.3 Å². The number of hydrogen-bond donors (Lipinski definition) is 0. The highest BCUT2D eigenvalue weighted by molar-refractivity contribution is 5.86. The van der Waals surface area contributed by atoms with E-state index in [2.05, 4.69) is 45.6 Å². The molecule has 1 aromatic carbocycles. The number of morpholine rings is 1. The summed E-state index contributed by atoms with van der Waals surface area (Å²) in [5, 5.41) is 1.45. The summed E-state index contributed by atoms with van der Waals surface area (Å²) < 4.78 is 14.3. The van der Waals surface area contributed by atoms with E-state index in [0.717, 1.165) is 45.4 Å². The Balaban J connectivity index is 1.40. The predicted octanol–water partition coefficient (Wildman–Crippen LogP) is 4.06. The van der Waals surface area contributed by atoms with Crippen LogP contribution in [0.4, 0.5) is 0 Å². The first-order chi connectivity index (χ1) is 14.9. The molecule has 0 bridgehead atoms. The topological polar surface area (TPSA) is 29.9 Å². The van der Waals surface area contributed by atoms with Gasteiger partial charge in [0.2, 0.25) is 0 Å². The summed E-state index contributed by atoms with van der Waals surface area (Å²) in [7, 11) is 0. The summed E-state index contributed by atoms with van der Waals surface area (Å²) >= 11 is 0. The van der Waals surface area contributed by atoms with Crippen LogP contribution in [0, 0.1) is 5.92 Å². The van der Waals surface area contributed by atoms with E-state index in [9.17, 15) is 0 Å². The number of para-hydroxylation sites is 1. The molecule has 2 aromatic rings. The molecule has 2 atom stereocenters. The Labute approximate surface area is 180 Å². The van der Waals surface area contributed by atoms with Crippen molar-refractivity contribution in [1.29, 1.82) is 0 Å². The van der Waals surface area contributed by atoms with Gasteiger partial charge in [0, 0.05) is 37.3 Å². The van der Waals surface area contributed by atoms with Gasteiger partial charge in [0.15, 0.2) is 0 Å². The molecule has 0 aliphatic carbocycles. The van der Waals surface area contributed by atoms with Crippen molar-refractivity contribution in [2.45, 2.75) is 51.8 Å². The fraction of sp³-hybridized carbons (Fsp3) is 0.680. The number of ether oxygens (including phenoxy) is 2. The summed E-state index contributed by atoms with van der Waals surface area (Å²) in [5.41, 5.74) is 4.51. The zero-order valence-electron chi connectivity index (χ0n) is 18.5. The van der Waals surface area contributed by atoms with Crippen molar-refractivity contribution in [1.82, 2.24) is 14.4 Å². The van der Waals surface area contributed by atoms with Crippen molar-refractivity contribution < 1.29 is 9.47 Å². The van der Waals surface area contributed by atoms with E-state index in [0.29, 0.717) is 12.8 Å². The molecule has 2 saturated heterocycles. The van der Waals surface area contributed by atoms with Crippen LogP contribution in [0.25, 0.3) is 10.9 Å². The zero-order valence-corrected chi connectivity index (χ0v) is 18.5. The van der Waals surface area contributed by atoms with Gasteiger partial charge in [-0.2, -0.15) is 0 Å². The molecule has 3 aliphatic rings. The molecule has 0 unspecified atom stereocenters. The maximum absolute atomic E-state index is 6.29. The van der Waals surface area contributed by atoms with E-state index in [1.54, 1.807) is 11.3 Å². The van der Waals surface area contributed by atoms with Gasteiger partial charge < -0.3 is 14.0 Å². The van der Waals surface area contributed by atoms with Crippen molar-refractivity contribution in [2.75, 3.05) is 52.5 Å². The minimum absolute atomic E-state index is 0.567. The van der Waals surface area contributed by atoms with Crippen LogP contribution in [-0.4, -0.2) is 66.9 Å². The molecular formula is C25H37N3O2. The number of rotatable bonds is 7. The third-order valence-electron chi connectivity index (χ3n) is 7.44. The first kappa shape index (κ1) is 20.5. The first-order valence-corrected chi connectivity index (χ1v) is 12.1. The molecule has 0 spiro atoms. The molecular weight excluding hydrogens is 374 g/mol. The largest absolute Gasteiger partial charge is 0.379 e. The van der Waals surface area contributed by atoms with Gasteiger partial charge in [-0.15, -0.1) is 0 Å². The van der Waals surface area contributed by atoms with Crippen LogP contribution >= 0.6 is 0 Å². The molecule has 0 N–H and O–H groups in total. The van der Waals surface area contributed by atoms with Crippen LogP contribution in [0.2, 0.25) is 0 Å². The lowest BCUT2D eigenvalue weighted by Crippen LogP contribution is -2.44. The number of hydrogen-bond acceptors (Lipinski definition) is 4. The van der Waals surface area contributed by atoms with Gasteiger partial charge >= 0.3 is 0 Å². The lowest BCUT2D eigenvalue weighted by Gasteiger charge is -2.45. The van der Waals surface area contributed by atoms with Crippen molar-refractivity contribution in [3.63, 3.8) is 0 Å². The minimum Gasteiger partial charge on any atom is -0.379 e. The van der Waals surface area contributed by atoms with Crippen LogP contribution in [0.3, 0.4) is 0 Å². The fourth-order valence-electron chi connectivity index (χ4n) is 6.04. The Morgan fingerprint density at radius 2 is 1.97 bits per heavy atom. The lowest BCUT2D eigenvalue weighted by atomic mass is 9.80. The molecule has 5 rings (SSSR count). The minimum atomic E-state index is 0.567. The fourth-order valence-corrected chi connectivity index (χ4v) is 6.04. The number of fused-ring (bicyclic) bond motifs is 5. The third kappa shape index (κ3) is 3.93. The summed E-state index contributed by atoms with van der Waals surface area (Å²) in [6.45, 7) is 11.0. The molecule has 30 heavy (non-hydrogen) atoms. The molecule has 0 amide bonds. The average molecular weight is 412 g/mol. The van der Waals surface area contributed by atoms with E-state index >= 15 is 0 Å². The van der Waals surface area contributed by atoms with Gasteiger partial charge in [-0.3, -0.25) is 9.80 Å². The standard InChI is InChI=1S/C25H37N3O2/c1-2-6-20-7-5-11-27-12-10-22-21-8-3-4-9-23(21)28(25(22)24(20)27)19-30-18-15-26-13-16-29-17-14-26/h3-4,8-9,20,24H,2,5-7,10-19H2,1H3/t20-,24-/m0/s1. The van der Waals surface area contributed by atoms with Gasteiger partial charge in [-0.1, -0.05) is 31.5 Å². The summed E-state index contributed by atoms with van der Waals surface area (Å²) in [5.74, 6) is 0.777. The highest BCUT2D eigenvalue weighted by Gasteiger charge is 2.39. The smallest absolute Gasteiger partial charge is 0.123 e. The predicted molar refractivity (Wildman–Crippen MR) is 121 cm³/mol. The second-order valence-electron chi connectivity index (χ2n) is 9.22. The van der Waals surface area contributed by atoms with Crippen molar-refractivity contribution in [2.24, 2.45) is 5.92 Å². The Hall–Kier alpha value is -1.40. The van der Waals surface area contributed by atoms with Gasteiger partial charge in [-0.05, 0) is 49.8 Å². The maximum atomic E-state index is 6.29. The van der Waals surface area contributed by atoms with Crippen LogP contribution in [0.5, 0.6) is 0 Å². The molecule has 1 aromatic heterocycles. The second-order valence-corrected chi connectivity index (χ2v) is 9.22. The van der Waals surface area contributed by atoms with Crippen LogP contribution in [-0.2, 0) is 22.6 Å². The molecule has 3 aliphatic heterocycles. The molecule has 0 saturated carbocycles. The molecule has 2 fully saturated rings. The number of aromatic nitrogens is 1. The SMILES string of the molecule is CCC[C@H]1CCCN2CCc3c(n(COCCN4CCOCC4)c4ccccc34)[C@H]12. The maximum Gasteiger partial charge on any atom is 0.123 e. The highest BCUT2D eigenvalue weighted by atomic mass is 16.5. The second kappa shape index (κ2) is 9.39. The molecule has 0 radical (unpaired) electrons. The lowest BCUT2D eigenvalue weighted by molar-refractivity contribution is 0.00688. The number of benzene rings is 1. The van der Waals surface area contributed by atoms with Crippen LogP contribution in [0.1, 0.15) is 49.9 Å². The molecule has 5 nitrogen and oxygen atoms in total. The zero-order chi connectivity index (χ0) is 20.3. The van der Waals surface area contributed by atoms with E-state index < -0.39 is 0 Å². The summed E-state index contributed by atoms with van der Waals surface area (Å²) in [6.07, 6.45) is 6.51. The Kier molecular flexibility index (Phi) is 6.42. The molecule has 5 heteroatoms. The van der Waals surface area contributed by atoms with E-state index in [4.69, 9.17) is 9.47 Å². The summed E-state index contributed by atoms with van der Waals surface area (Å²) in [6, 6.07) is 9.56. The molecule has 4 heterocycles. The van der Waals surface area contributed by atoms with Gasteiger partial charge in [0.25, 0.3) is 0 Å². The average Bonchev–Trinajstić information content (AvgIpc) is 3.12. The Bertz CT molecular complexity index is 840. The summed E-state index contributed by atoms with van der Waals surface area (Å²) in [4.78, 5) is 5.22. The van der Waals surface area contributed by atoms with Crippen molar-refractivity contribution >= 4 is 10.9 Å². The van der Waals surface area contributed by atoms with Crippen LogP contribution < -0.4 is 0 Å². The normalized spacial score (nSPS) is 25.4. The number of nitrogens with zero attached hydrogens (tertiary/aromatic N) is 3. The highest BCUT2D eigenvalue weighted by Crippen LogP contribution is 2.45. The van der Waals surface area contributed by atoms with E-state index in [1.165, 1.54) is 56.1 Å². The van der Waals surface area contributed by atoms with Gasteiger partial charge in [0.1, 0.15) is 6.73 Å². The monoisotopic (exact) mass is 411 g/mol. The first-order valence-electron chi connectivity index (χ1n) is 12.1. The van der Waals surface area contributed by atoms with Gasteiger partial charge in [0.05, 0.1) is 31.4 Å². The van der Waals surface area contributed by atoms with E-state index in [1.807, 2.05) is 0 Å².